The Bertz CT molecular complexity index is 443. The Labute approximate surface area is 67.8 Å². The van der Waals surface area contributed by atoms with Crippen molar-refractivity contribution < 1.29 is 5.21 Å². The molecule has 0 atom stereocenters. The summed E-state index contributed by atoms with van der Waals surface area (Å²) in [6, 6.07) is 3.36. The van der Waals surface area contributed by atoms with Crippen LogP contribution in [0.1, 0.15) is 0 Å². The summed E-state index contributed by atoms with van der Waals surface area (Å²) in [6.07, 6.45) is 1.43. The van der Waals surface area contributed by atoms with Crippen LogP contribution in [0.2, 0.25) is 0 Å². The van der Waals surface area contributed by atoms with E-state index in [1.165, 1.54) is 10.8 Å². The number of hydrogen-bond acceptors (Lipinski definition) is 3. The van der Waals surface area contributed by atoms with E-state index in [9.17, 15) is 10.0 Å². The van der Waals surface area contributed by atoms with E-state index in [1.54, 1.807) is 19.2 Å². The zero-order valence-corrected chi connectivity index (χ0v) is 6.43. The van der Waals surface area contributed by atoms with Gasteiger partial charge in [0.2, 0.25) is 0 Å². The molecule has 0 aliphatic carbocycles. The van der Waals surface area contributed by atoms with Crippen LogP contribution >= 0.6 is 0 Å². The second-order valence-electron chi connectivity index (χ2n) is 2.51. The number of hydrogen-bond donors (Lipinski definition) is 1. The normalized spacial score (nSPS) is 10.8. The lowest BCUT2D eigenvalue weighted by Crippen LogP contribution is -2.11. The molecule has 2 aliphatic heterocycles. The smallest absolute Gasteiger partial charge is 0.350 e. The molecule has 12 heavy (non-hydrogen) atoms. The molecule has 1 N–H and O–H groups in total. The van der Waals surface area contributed by atoms with E-state index in [0.29, 0.717) is 5.69 Å². The molecule has 0 saturated heterocycles. The summed E-state index contributed by atoms with van der Waals surface area (Å²) in [6.45, 7) is 0. The largest absolute Gasteiger partial charge is 0.427 e. The quantitative estimate of drug-likeness (QED) is 0.555. The zero-order valence-electron chi connectivity index (χ0n) is 6.43. The number of pyridine rings is 1. The summed E-state index contributed by atoms with van der Waals surface area (Å²) < 4.78 is 2.21. The number of imidazole rings is 1. The number of nitrogens with zero attached hydrogens (tertiary/aromatic N) is 3. The van der Waals surface area contributed by atoms with Gasteiger partial charge in [-0.15, -0.1) is 0 Å². The van der Waals surface area contributed by atoms with E-state index in [2.05, 4.69) is 4.98 Å². The monoisotopic (exact) mass is 165 g/mol. The topological polar surface area (TPSA) is 60.1 Å². The van der Waals surface area contributed by atoms with Crippen molar-refractivity contribution in [3.8, 4) is 11.5 Å². The minimum absolute atomic E-state index is 0.282. The van der Waals surface area contributed by atoms with Crippen LogP contribution in [0.5, 0.6) is 0 Å². The lowest BCUT2D eigenvalue weighted by molar-refractivity contribution is 0.186. The van der Waals surface area contributed by atoms with E-state index in [4.69, 9.17) is 0 Å². The molecular weight excluding hydrogens is 158 g/mol. The summed E-state index contributed by atoms with van der Waals surface area (Å²) in [5.41, 5.74) is 0.254. The fourth-order valence-corrected chi connectivity index (χ4v) is 1.12. The standard InChI is InChI=1S/C7H7N3O2/c1-9-5-3-2-4-10(12)6(5)8-7(9)11/h2-4,12H,1H3. The first-order valence-corrected chi connectivity index (χ1v) is 3.43. The van der Waals surface area contributed by atoms with Crippen LogP contribution in [-0.4, -0.2) is 19.5 Å². The molecule has 0 aromatic heterocycles. The van der Waals surface area contributed by atoms with Gasteiger partial charge >= 0.3 is 5.69 Å². The SMILES string of the molecule is Cn1c2cccn(O)c-2nc1=O. The molecule has 0 spiro atoms. The van der Waals surface area contributed by atoms with Crippen molar-refractivity contribution in [3.63, 3.8) is 0 Å². The van der Waals surface area contributed by atoms with Crippen molar-refractivity contribution >= 4 is 0 Å². The number of aromatic nitrogens is 3. The van der Waals surface area contributed by atoms with Crippen molar-refractivity contribution in [1.82, 2.24) is 14.3 Å². The van der Waals surface area contributed by atoms with Gasteiger partial charge < -0.3 is 5.21 Å². The molecule has 5 nitrogen and oxygen atoms in total. The maximum atomic E-state index is 11.0. The van der Waals surface area contributed by atoms with E-state index >= 15 is 0 Å². The third-order valence-electron chi connectivity index (χ3n) is 1.78. The first-order valence-electron chi connectivity index (χ1n) is 3.43. The Balaban J connectivity index is 2.92. The van der Waals surface area contributed by atoms with Crippen molar-refractivity contribution in [1.29, 1.82) is 0 Å². The third kappa shape index (κ3) is 0.730. The Kier molecular flexibility index (Phi) is 1.21. The van der Waals surface area contributed by atoms with Gasteiger partial charge in [-0.05, 0) is 12.1 Å². The highest BCUT2D eigenvalue weighted by molar-refractivity contribution is 5.51. The molecule has 0 aromatic carbocycles. The molecule has 0 bridgehead atoms. The van der Waals surface area contributed by atoms with E-state index in [1.807, 2.05) is 0 Å². The maximum absolute atomic E-state index is 11.0. The van der Waals surface area contributed by atoms with Gasteiger partial charge in [-0.1, -0.05) is 0 Å². The van der Waals surface area contributed by atoms with Crippen LogP contribution in [0.15, 0.2) is 23.1 Å². The van der Waals surface area contributed by atoms with Crippen LogP contribution in [0.25, 0.3) is 11.5 Å². The van der Waals surface area contributed by atoms with Gasteiger partial charge in [-0.25, -0.2) is 4.79 Å². The van der Waals surface area contributed by atoms with Crippen molar-refractivity contribution in [2.75, 3.05) is 0 Å². The zero-order chi connectivity index (χ0) is 8.72. The van der Waals surface area contributed by atoms with Gasteiger partial charge in [0.1, 0.15) is 0 Å². The fraction of sp³-hybridized carbons (Fsp3) is 0.143. The minimum atomic E-state index is -0.362. The number of rotatable bonds is 0. The highest BCUT2D eigenvalue weighted by Gasteiger charge is 2.13. The minimum Gasteiger partial charge on any atom is -0.427 e. The lowest BCUT2D eigenvalue weighted by atomic mass is 10.3. The molecule has 0 radical (unpaired) electrons. The first kappa shape index (κ1) is 6.90. The van der Waals surface area contributed by atoms with Crippen LogP contribution in [-0.2, 0) is 7.05 Å². The number of fused-ring (bicyclic) bond motifs is 1. The van der Waals surface area contributed by atoms with Crippen LogP contribution in [0, 0.1) is 0 Å². The molecular formula is C7H7N3O2. The summed E-state index contributed by atoms with van der Waals surface area (Å²) in [5, 5.41) is 9.21. The Morgan fingerprint density at radius 1 is 1.58 bits per heavy atom. The second kappa shape index (κ2) is 2.10. The first-order chi connectivity index (χ1) is 5.70. The molecule has 2 heterocycles. The summed E-state index contributed by atoms with van der Waals surface area (Å²) >= 11 is 0. The van der Waals surface area contributed by atoms with E-state index in [0.717, 1.165) is 4.73 Å². The van der Waals surface area contributed by atoms with Crippen molar-refractivity contribution in [3.05, 3.63) is 28.8 Å². The van der Waals surface area contributed by atoms with E-state index in [-0.39, 0.29) is 11.5 Å². The summed E-state index contributed by atoms with van der Waals surface area (Å²) in [5.74, 6) is 0.282. The van der Waals surface area contributed by atoms with Crippen LogP contribution in [0.4, 0.5) is 0 Å². The molecule has 2 aliphatic rings. The summed E-state index contributed by atoms with van der Waals surface area (Å²) in [4.78, 5) is 14.7. The van der Waals surface area contributed by atoms with Gasteiger partial charge in [0.25, 0.3) is 0 Å². The van der Waals surface area contributed by atoms with Gasteiger partial charge in [0.15, 0.2) is 5.82 Å². The predicted molar refractivity (Wildman–Crippen MR) is 41.3 cm³/mol. The molecule has 0 amide bonds. The van der Waals surface area contributed by atoms with Crippen LogP contribution in [0.3, 0.4) is 0 Å². The molecule has 5 heteroatoms. The van der Waals surface area contributed by atoms with Gasteiger partial charge in [-0.3, -0.25) is 4.57 Å². The lowest BCUT2D eigenvalue weighted by Gasteiger charge is -2.02. The molecule has 62 valence electrons. The second-order valence-corrected chi connectivity index (χ2v) is 2.51. The summed E-state index contributed by atoms with van der Waals surface area (Å²) in [7, 11) is 1.61. The van der Waals surface area contributed by atoms with Gasteiger partial charge in [0.05, 0.1) is 5.69 Å². The van der Waals surface area contributed by atoms with Crippen molar-refractivity contribution in [2.45, 2.75) is 0 Å². The maximum Gasteiger partial charge on any atom is 0.350 e. The third-order valence-corrected chi connectivity index (χ3v) is 1.78. The molecule has 0 aromatic rings. The Hall–Kier alpha value is -1.78. The molecule has 0 saturated carbocycles. The molecule has 0 unspecified atom stereocenters. The van der Waals surface area contributed by atoms with Gasteiger partial charge in [-0.2, -0.15) is 9.71 Å². The highest BCUT2D eigenvalue weighted by atomic mass is 16.5. The molecule has 0 fully saturated rings. The Morgan fingerprint density at radius 2 is 2.33 bits per heavy atom. The average molecular weight is 165 g/mol. The average Bonchev–Trinajstić information content (AvgIpc) is 2.32. The molecule has 2 rings (SSSR count). The van der Waals surface area contributed by atoms with Crippen LogP contribution < -0.4 is 5.69 Å². The fourth-order valence-electron chi connectivity index (χ4n) is 1.12. The highest BCUT2D eigenvalue weighted by Crippen LogP contribution is 2.13. The predicted octanol–water partition coefficient (Wildman–Crippen LogP) is -0.0761. The van der Waals surface area contributed by atoms with E-state index < -0.39 is 0 Å². The van der Waals surface area contributed by atoms with Gasteiger partial charge in [0, 0.05) is 13.2 Å². The van der Waals surface area contributed by atoms with Crippen molar-refractivity contribution in [2.24, 2.45) is 7.05 Å². The Morgan fingerprint density at radius 3 is 3.00 bits per heavy atom.